The van der Waals surface area contributed by atoms with Gasteiger partial charge in [0.15, 0.2) is 0 Å². The van der Waals surface area contributed by atoms with Gasteiger partial charge in [0.25, 0.3) is 0 Å². The number of hydrogen-bond acceptors (Lipinski definition) is 4. The third kappa shape index (κ3) is 3.03. The van der Waals surface area contributed by atoms with Crippen LogP contribution in [-0.4, -0.2) is 22.1 Å². The minimum absolute atomic E-state index is 0.305. The van der Waals surface area contributed by atoms with E-state index < -0.39 is 0 Å². The van der Waals surface area contributed by atoms with E-state index in [1.807, 2.05) is 6.92 Å². The summed E-state index contributed by atoms with van der Waals surface area (Å²) in [6.07, 6.45) is 7.07. The van der Waals surface area contributed by atoms with Crippen molar-refractivity contribution in [1.82, 2.24) is 9.55 Å². The summed E-state index contributed by atoms with van der Waals surface area (Å²) in [5.74, 6) is -0.305. The summed E-state index contributed by atoms with van der Waals surface area (Å²) in [5.41, 5.74) is 2.86. The smallest absolute Gasteiger partial charge is 0.350 e. The van der Waals surface area contributed by atoms with Crippen LogP contribution in [0.1, 0.15) is 54.0 Å². The molecule has 1 fully saturated rings. The minimum Gasteiger partial charge on any atom is -0.462 e. The summed E-state index contributed by atoms with van der Waals surface area (Å²) in [5, 5.41) is 2.63. The van der Waals surface area contributed by atoms with Gasteiger partial charge >= 0.3 is 5.97 Å². The van der Waals surface area contributed by atoms with Crippen LogP contribution >= 0.6 is 22.9 Å². The Balaban J connectivity index is 1.73. The number of aryl methyl sites for hydroxylation is 1. The van der Waals surface area contributed by atoms with E-state index in [9.17, 15) is 4.79 Å². The van der Waals surface area contributed by atoms with Gasteiger partial charge in [0, 0.05) is 28.7 Å². The third-order valence-electron chi connectivity index (χ3n) is 5.01. The van der Waals surface area contributed by atoms with Crippen LogP contribution < -0.4 is 0 Å². The fraction of sp³-hybridized carbons (Fsp3) is 0.400. The monoisotopic (exact) mass is 388 g/mol. The van der Waals surface area contributed by atoms with Gasteiger partial charge in [0.1, 0.15) is 9.88 Å². The van der Waals surface area contributed by atoms with Crippen LogP contribution in [0.5, 0.6) is 0 Å². The number of rotatable bonds is 4. The minimum atomic E-state index is -0.305. The highest BCUT2D eigenvalue weighted by molar-refractivity contribution is 7.17. The molecule has 3 aromatic rings. The zero-order chi connectivity index (χ0) is 18.3. The molecule has 0 saturated heterocycles. The fourth-order valence-corrected chi connectivity index (χ4v) is 4.95. The molecule has 0 radical (unpaired) electrons. The van der Waals surface area contributed by atoms with Crippen molar-refractivity contribution in [1.29, 1.82) is 0 Å². The van der Waals surface area contributed by atoms with E-state index in [2.05, 4.69) is 33.9 Å². The molecule has 1 aliphatic rings. The molecule has 4 nitrogen and oxygen atoms in total. The second-order valence-electron chi connectivity index (χ2n) is 6.71. The van der Waals surface area contributed by atoms with Crippen molar-refractivity contribution in [2.24, 2.45) is 0 Å². The molecule has 0 unspecified atom stereocenters. The zero-order valence-electron chi connectivity index (χ0n) is 14.9. The number of hydrogen-bond donors (Lipinski definition) is 0. The first-order valence-electron chi connectivity index (χ1n) is 9.03. The standard InChI is InChI=1S/C20H21ClN2O2S/c1-3-25-20(24)18-12(2)22-19(26-18)13-8-9-17-15(10-13)16(21)11-23(17)14-6-4-5-7-14/h8-11,14H,3-7H2,1-2H3. The molecule has 2 heterocycles. The molecule has 0 amide bonds. The number of thiazole rings is 1. The Hall–Kier alpha value is -1.85. The summed E-state index contributed by atoms with van der Waals surface area (Å²) >= 11 is 7.90. The van der Waals surface area contributed by atoms with Crippen molar-refractivity contribution in [3.05, 3.63) is 40.0 Å². The molecule has 136 valence electrons. The number of halogens is 1. The van der Waals surface area contributed by atoms with E-state index in [-0.39, 0.29) is 5.97 Å². The molecule has 0 spiro atoms. The summed E-state index contributed by atoms with van der Waals surface area (Å²) in [7, 11) is 0. The average Bonchev–Trinajstić information content (AvgIpc) is 3.34. The van der Waals surface area contributed by atoms with Gasteiger partial charge in [-0.05, 0) is 44.9 Å². The topological polar surface area (TPSA) is 44.1 Å². The lowest BCUT2D eigenvalue weighted by Crippen LogP contribution is -2.03. The first-order chi connectivity index (χ1) is 12.6. The SMILES string of the molecule is CCOC(=O)c1sc(-c2ccc3c(c2)c(Cl)cn3C2CCCC2)nc1C. The number of carbonyl (C=O) groups is 1. The van der Waals surface area contributed by atoms with Gasteiger partial charge in [-0.25, -0.2) is 9.78 Å². The van der Waals surface area contributed by atoms with Crippen LogP contribution in [0, 0.1) is 6.92 Å². The maximum absolute atomic E-state index is 12.1. The number of fused-ring (bicyclic) bond motifs is 1. The maximum Gasteiger partial charge on any atom is 0.350 e. The first kappa shape index (κ1) is 17.6. The van der Waals surface area contributed by atoms with Crippen molar-refractivity contribution in [2.45, 2.75) is 45.6 Å². The maximum atomic E-state index is 12.1. The van der Waals surface area contributed by atoms with E-state index in [0.29, 0.717) is 23.2 Å². The summed E-state index contributed by atoms with van der Waals surface area (Å²) in [6.45, 7) is 4.01. The molecule has 6 heteroatoms. The molecule has 26 heavy (non-hydrogen) atoms. The summed E-state index contributed by atoms with van der Waals surface area (Å²) in [6, 6.07) is 6.82. The number of carbonyl (C=O) groups excluding carboxylic acids is 1. The lowest BCUT2D eigenvalue weighted by molar-refractivity contribution is 0.0531. The van der Waals surface area contributed by atoms with Crippen molar-refractivity contribution < 1.29 is 9.53 Å². The van der Waals surface area contributed by atoms with Crippen LogP contribution in [0.4, 0.5) is 0 Å². The second-order valence-corrected chi connectivity index (χ2v) is 8.11. The Labute approximate surface area is 161 Å². The van der Waals surface area contributed by atoms with Crippen molar-refractivity contribution >= 4 is 39.8 Å². The number of benzene rings is 1. The molecule has 2 aromatic heterocycles. The molecule has 0 atom stereocenters. The predicted octanol–water partition coefficient (Wildman–Crippen LogP) is 6.02. The molecular weight excluding hydrogens is 368 g/mol. The lowest BCUT2D eigenvalue weighted by Gasteiger charge is -2.13. The van der Waals surface area contributed by atoms with E-state index in [1.165, 1.54) is 42.5 Å². The van der Waals surface area contributed by atoms with Gasteiger partial charge in [-0.1, -0.05) is 24.4 Å². The van der Waals surface area contributed by atoms with Crippen LogP contribution in [0.25, 0.3) is 21.5 Å². The lowest BCUT2D eigenvalue weighted by atomic mass is 10.1. The molecule has 1 aliphatic carbocycles. The molecular formula is C20H21ClN2O2S. The highest BCUT2D eigenvalue weighted by atomic mass is 35.5. The van der Waals surface area contributed by atoms with Crippen molar-refractivity contribution in [3.8, 4) is 10.6 Å². The molecule has 1 aromatic carbocycles. The van der Waals surface area contributed by atoms with Crippen LogP contribution in [-0.2, 0) is 4.74 Å². The number of aromatic nitrogens is 2. The van der Waals surface area contributed by atoms with Gasteiger partial charge in [-0.3, -0.25) is 0 Å². The van der Waals surface area contributed by atoms with E-state index in [1.54, 1.807) is 6.92 Å². The Morgan fingerprint density at radius 1 is 1.38 bits per heavy atom. The number of esters is 1. The van der Waals surface area contributed by atoms with Crippen LogP contribution in [0.3, 0.4) is 0 Å². The fourth-order valence-electron chi connectivity index (χ4n) is 3.74. The average molecular weight is 389 g/mol. The molecule has 0 aliphatic heterocycles. The Bertz CT molecular complexity index is 970. The van der Waals surface area contributed by atoms with E-state index in [4.69, 9.17) is 16.3 Å². The van der Waals surface area contributed by atoms with Gasteiger partial charge < -0.3 is 9.30 Å². The Kier molecular flexibility index (Phi) is 4.76. The quantitative estimate of drug-likeness (QED) is 0.513. The molecule has 0 N–H and O–H groups in total. The molecule has 4 rings (SSSR count). The molecule has 1 saturated carbocycles. The van der Waals surface area contributed by atoms with E-state index in [0.717, 1.165) is 21.0 Å². The Morgan fingerprint density at radius 3 is 2.88 bits per heavy atom. The summed E-state index contributed by atoms with van der Waals surface area (Å²) in [4.78, 5) is 17.2. The van der Waals surface area contributed by atoms with Gasteiger partial charge in [0.05, 0.1) is 17.3 Å². The third-order valence-corrected chi connectivity index (χ3v) is 6.49. The zero-order valence-corrected chi connectivity index (χ0v) is 16.5. The first-order valence-corrected chi connectivity index (χ1v) is 10.2. The second kappa shape index (κ2) is 7.05. The van der Waals surface area contributed by atoms with Crippen LogP contribution in [0.2, 0.25) is 5.02 Å². The van der Waals surface area contributed by atoms with Gasteiger partial charge in [-0.2, -0.15) is 0 Å². The van der Waals surface area contributed by atoms with E-state index >= 15 is 0 Å². The van der Waals surface area contributed by atoms with Gasteiger partial charge in [0.2, 0.25) is 0 Å². The largest absolute Gasteiger partial charge is 0.462 e. The molecule has 0 bridgehead atoms. The Morgan fingerprint density at radius 2 is 2.15 bits per heavy atom. The van der Waals surface area contributed by atoms with Crippen LogP contribution in [0.15, 0.2) is 24.4 Å². The van der Waals surface area contributed by atoms with Gasteiger partial charge in [-0.15, -0.1) is 11.3 Å². The number of nitrogens with zero attached hydrogens (tertiary/aromatic N) is 2. The van der Waals surface area contributed by atoms with Crippen molar-refractivity contribution in [2.75, 3.05) is 6.61 Å². The predicted molar refractivity (Wildman–Crippen MR) is 106 cm³/mol. The highest BCUT2D eigenvalue weighted by Crippen LogP contribution is 2.38. The normalized spacial score (nSPS) is 15.0. The summed E-state index contributed by atoms with van der Waals surface area (Å²) < 4.78 is 7.44. The van der Waals surface area contributed by atoms with Crippen molar-refractivity contribution in [3.63, 3.8) is 0 Å². The number of ether oxygens (including phenoxy) is 1. The highest BCUT2D eigenvalue weighted by Gasteiger charge is 2.21.